The van der Waals surface area contributed by atoms with Gasteiger partial charge in [-0.05, 0) is 47.3 Å². The summed E-state index contributed by atoms with van der Waals surface area (Å²) >= 11 is 1.88. The Balaban J connectivity index is 2.27. The topological polar surface area (TPSA) is 20.2 Å². The summed E-state index contributed by atoms with van der Waals surface area (Å²) in [5.41, 5.74) is 4.06. The molecular formula is C17H20OS. The van der Waals surface area contributed by atoms with Crippen LogP contribution in [0.15, 0.2) is 48.5 Å². The molecule has 0 spiro atoms. The van der Waals surface area contributed by atoms with E-state index in [0.717, 1.165) is 12.2 Å². The summed E-state index contributed by atoms with van der Waals surface area (Å²) in [6, 6.07) is 16.2. The molecule has 0 aliphatic heterocycles. The highest BCUT2D eigenvalue weighted by molar-refractivity contribution is 7.98. The highest BCUT2D eigenvalue weighted by Gasteiger charge is 2.12. The number of hydrogen-bond donors (Lipinski definition) is 1. The lowest BCUT2D eigenvalue weighted by molar-refractivity contribution is 0.475. The Kier molecular flexibility index (Phi) is 4.92. The molecule has 2 aromatic rings. The molecule has 2 aromatic carbocycles. The van der Waals surface area contributed by atoms with Crippen molar-refractivity contribution in [3.05, 3.63) is 65.2 Å². The van der Waals surface area contributed by atoms with Crippen molar-refractivity contribution in [2.45, 2.75) is 19.3 Å². The molecule has 0 heterocycles. The number of thioether (sulfide) groups is 1. The van der Waals surface area contributed by atoms with Gasteiger partial charge in [-0.2, -0.15) is 11.8 Å². The third-order valence-corrected chi connectivity index (χ3v) is 4.10. The largest absolute Gasteiger partial charge is 0.508 e. The number of phenols is 1. The Morgan fingerprint density at radius 1 is 1.05 bits per heavy atom. The van der Waals surface area contributed by atoms with Crippen molar-refractivity contribution >= 4 is 11.8 Å². The first kappa shape index (κ1) is 14.0. The summed E-state index contributed by atoms with van der Waals surface area (Å²) in [4.78, 5) is 0. The number of aryl methyl sites for hydroxylation is 1. The van der Waals surface area contributed by atoms with E-state index >= 15 is 0 Å². The number of benzene rings is 2. The van der Waals surface area contributed by atoms with Gasteiger partial charge in [-0.1, -0.05) is 43.3 Å². The van der Waals surface area contributed by atoms with Gasteiger partial charge in [0.25, 0.3) is 0 Å². The fourth-order valence-electron chi connectivity index (χ4n) is 2.34. The zero-order chi connectivity index (χ0) is 13.7. The maximum atomic E-state index is 9.38. The van der Waals surface area contributed by atoms with E-state index in [1.807, 2.05) is 23.9 Å². The van der Waals surface area contributed by atoms with Gasteiger partial charge >= 0.3 is 0 Å². The second kappa shape index (κ2) is 6.67. The molecule has 19 heavy (non-hydrogen) atoms. The molecule has 0 radical (unpaired) electrons. The first-order chi connectivity index (χ1) is 9.22. The molecule has 2 rings (SSSR count). The quantitative estimate of drug-likeness (QED) is 0.867. The molecule has 0 aliphatic rings. The molecule has 1 atom stereocenters. The predicted molar refractivity (Wildman–Crippen MR) is 84.2 cm³/mol. The summed E-state index contributed by atoms with van der Waals surface area (Å²) in [6.07, 6.45) is 3.26. The molecule has 0 saturated heterocycles. The van der Waals surface area contributed by atoms with Gasteiger partial charge in [0, 0.05) is 5.92 Å². The second-order valence-electron chi connectivity index (χ2n) is 4.75. The maximum absolute atomic E-state index is 9.38. The molecule has 0 fully saturated rings. The van der Waals surface area contributed by atoms with E-state index in [1.54, 1.807) is 12.1 Å². The lowest BCUT2D eigenvalue weighted by Gasteiger charge is -2.17. The Morgan fingerprint density at radius 3 is 2.42 bits per heavy atom. The molecule has 0 aromatic heterocycles. The van der Waals surface area contributed by atoms with Crippen LogP contribution in [0.3, 0.4) is 0 Å². The highest BCUT2D eigenvalue weighted by atomic mass is 32.2. The molecule has 2 heteroatoms. The first-order valence-electron chi connectivity index (χ1n) is 6.58. The van der Waals surface area contributed by atoms with Crippen molar-refractivity contribution in [1.29, 1.82) is 0 Å². The van der Waals surface area contributed by atoms with Crippen LogP contribution >= 0.6 is 11.8 Å². The number of hydrogen-bond acceptors (Lipinski definition) is 2. The monoisotopic (exact) mass is 272 g/mol. The minimum Gasteiger partial charge on any atom is -0.508 e. The van der Waals surface area contributed by atoms with Crippen LogP contribution in [0.4, 0.5) is 0 Å². The normalized spacial score (nSPS) is 12.3. The Hall–Kier alpha value is -1.41. The van der Waals surface area contributed by atoms with E-state index in [9.17, 15) is 5.11 Å². The summed E-state index contributed by atoms with van der Waals surface area (Å²) in [6.45, 7) is 2.23. The van der Waals surface area contributed by atoms with Crippen molar-refractivity contribution in [2.24, 2.45) is 0 Å². The van der Waals surface area contributed by atoms with Crippen molar-refractivity contribution in [1.82, 2.24) is 0 Å². The number of aromatic hydroxyl groups is 1. The van der Waals surface area contributed by atoms with Gasteiger partial charge in [-0.3, -0.25) is 0 Å². The summed E-state index contributed by atoms with van der Waals surface area (Å²) in [5.74, 6) is 1.84. The Labute approximate surface area is 119 Å². The zero-order valence-corrected chi connectivity index (χ0v) is 12.3. The van der Waals surface area contributed by atoms with Gasteiger partial charge in [-0.15, -0.1) is 0 Å². The van der Waals surface area contributed by atoms with Crippen molar-refractivity contribution in [2.75, 3.05) is 12.0 Å². The molecule has 0 bridgehead atoms. The van der Waals surface area contributed by atoms with Crippen LogP contribution in [0.2, 0.25) is 0 Å². The highest BCUT2D eigenvalue weighted by Crippen LogP contribution is 2.28. The van der Waals surface area contributed by atoms with E-state index < -0.39 is 0 Å². The number of rotatable bonds is 5. The third-order valence-electron chi connectivity index (χ3n) is 3.49. The van der Waals surface area contributed by atoms with E-state index in [4.69, 9.17) is 0 Å². The van der Waals surface area contributed by atoms with E-state index in [-0.39, 0.29) is 0 Å². The fourth-order valence-corrected chi connectivity index (χ4v) is 2.76. The summed E-state index contributed by atoms with van der Waals surface area (Å²) in [5, 5.41) is 9.38. The van der Waals surface area contributed by atoms with Gasteiger partial charge in [0.15, 0.2) is 0 Å². The average Bonchev–Trinajstić information content (AvgIpc) is 2.45. The minimum atomic E-state index is 0.326. The van der Waals surface area contributed by atoms with Gasteiger partial charge < -0.3 is 5.11 Å². The molecule has 1 N–H and O–H groups in total. The SMILES string of the molecule is CSCCc1ccccc1C(C)c1ccc(O)cc1. The number of phenolic OH excluding ortho intramolecular Hbond substituents is 1. The van der Waals surface area contributed by atoms with Crippen LogP contribution in [-0.4, -0.2) is 17.1 Å². The van der Waals surface area contributed by atoms with Crippen LogP contribution in [0.5, 0.6) is 5.75 Å². The summed E-state index contributed by atoms with van der Waals surface area (Å²) < 4.78 is 0. The van der Waals surface area contributed by atoms with Crippen molar-refractivity contribution < 1.29 is 5.11 Å². The molecule has 100 valence electrons. The Morgan fingerprint density at radius 2 is 1.74 bits per heavy atom. The lowest BCUT2D eigenvalue weighted by atomic mass is 9.89. The zero-order valence-electron chi connectivity index (χ0n) is 11.5. The third kappa shape index (κ3) is 3.54. The fraction of sp³-hybridized carbons (Fsp3) is 0.294. The van der Waals surface area contributed by atoms with Crippen LogP contribution < -0.4 is 0 Å². The lowest BCUT2D eigenvalue weighted by Crippen LogP contribution is -2.02. The average molecular weight is 272 g/mol. The molecule has 0 aliphatic carbocycles. The molecule has 0 saturated carbocycles. The van der Waals surface area contributed by atoms with Crippen LogP contribution in [-0.2, 0) is 6.42 Å². The standard InChI is InChI=1S/C17H20OS/c1-13(14-7-9-16(18)10-8-14)17-6-4-3-5-15(17)11-12-19-2/h3-10,13,18H,11-12H2,1-2H3. The smallest absolute Gasteiger partial charge is 0.115 e. The maximum Gasteiger partial charge on any atom is 0.115 e. The van der Waals surface area contributed by atoms with Gasteiger partial charge in [0.1, 0.15) is 5.75 Å². The second-order valence-corrected chi connectivity index (χ2v) is 5.74. The van der Waals surface area contributed by atoms with Crippen LogP contribution in [0, 0.1) is 0 Å². The van der Waals surface area contributed by atoms with E-state index in [1.165, 1.54) is 16.7 Å². The van der Waals surface area contributed by atoms with Gasteiger partial charge in [0.2, 0.25) is 0 Å². The molecule has 1 nitrogen and oxygen atoms in total. The van der Waals surface area contributed by atoms with Crippen molar-refractivity contribution in [3.63, 3.8) is 0 Å². The predicted octanol–water partition coefficient (Wildman–Crippen LogP) is 4.45. The first-order valence-corrected chi connectivity index (χ1v) is 7.97. The van der Waals surface area contributed by atoms with Gasteiger partial charge in [-0.25, -0.2) is 0 Å². The van der Waals surface area contributed by atoms with Crippen LogP contribution in [0.25, 0.3) is 0 Å². The molecule has 1 unspecified atom stereocenters. The minimum absolute atomic E-state index is 0.326. The molecule has 0 amide bonds. The molecular weight excluding hydrogens is 252 g/mol. The van der Waals surface area contributed by atoms with Crippen LogP contribution in [0.1, 0.15) is 29.5 Å². The van der Waals surface area contributed by atoms with E-state index in [0.29, 0.717) is 11.7 Å². The Bertz CT molecular complexity index is 519. The van der Waals surface area contributed by atoms with Crippen molar-refractivity contribution in [3.8, 4) is 5.75 Å². The van der Waals surface area contributed by atoms with Gasteiger partial charge in [0.05, 0.1) is 0 Å². The summed E-state index contributed by atoms with van der Waals surface area (Å²) in [7, 11) is 0. The van der Waals surface area contributed by atoms with E-state index in [2.05, 4.69) is 37.4 Å².